The first-order chi connectivity index (χ1) is 8.57. The molecular weight excluding hydrogens is 320 g/mol. The molecule has 19 heavy (non-hydrogen) atoms. The quantitative estimate of drug-likeness (QED) is 0.255. The highest BCUT2D eigenvalue weighted by Gasteiger charge is 2.23. The minimum atomic E-state index is -4.54. The largest absolute Gasteiger partial charge is 0.480 e. The average Bonchev–Trinajstić information content (AvgIpc) is 2.24. The molecule has 0 amide bonds. The van der Waals surface area contributed by atoms with Crippen LogP contribution in [-0.2, 0) is 25.6 Å². The first kappa shape index (κ1) is 20.9. The molecule has 0 bridgehead atoms. The number of hydrogen-bond acceptors (Lipinski definition) is 8. The third-order valence-electron chi connectivity index (χ3n) is 1.73. The van der Waals surface area contributed by atoms with E-state index in [0.29, 0.717) is 6.42 Å². The van der Waals surface area contributed by atoms with Gasteiger partial charge < -0.3 is 16.6 Å². The topological polar surface area (TPSA) is 178 Å². The van der Waals surface area contributed by atoms with Crippen LogP contribution < -0.4 is 11.5 Å². The molecule has 0 aromatic carbocycles. The summed E-state index contributed by atoms with van der Waals surface area (Å²) >= 11 is 1.60. The molecule has 0 heterocycles. The third-order valence-corrected chi connectivity index (χ3v) is 5.25. The van der Waals surface area contributed by atoms with Gasteiger partial charge in [0.1, 0.15) is 6.04 Å². The van der Waals surface area contributed by atoms with Gasteiger partial charge in [0.05, 0.1) is 0 Å². The van der Waals surface area contributed by atoms with Crippen LogP contribution in [0.25, 0.3) is 0 Å². The highest BCUT2D eigenvalue weighted by molar-refractivity contribution is 7.99. The number of hydrogen-bond donors (Lipinski definition) is 5. The zero-order valence-corrected chi connectivity index (χ0v) is 12.7. The summed E-state index contributed by atoms with van der Waals surface area (Å²) in [6.45, 7) is -0.627. The van der Waals surface area contributed by atoms with Crippen LogP contribution in [0, 0.1) is 0 Å². The highest BCUT2D eigenvalue weighted by atomic mass is 32.3. The van der Waals surface area contributed by atoms with Gasteiger partial charge in [-0.05, 0) is 18.4 Å². The standard InChI is InChI=1S/C5H11NO2S.C2H7NO5S2/c1-9-3-2-4(6)5(7)8;3-1-2(9(4)5)10(6,7)8/h4H,2-3,6H2,1H3,(H,7,8);2,9H,1,3H2,(H,6,7,8)/t4-;/m0./s1. The first-order valence-electron chi connectivity index (χ1n) is 4.85. The predicted octanol–water partition coefficient (Wildman–Crippen LogP) is -2.08. The summed E-state index contributed by atoms with van der Waals surface area (Å²) in [4.78, 5) is 10.1. The molecule has 0 fully saturated rings. The summed E-state index contributed by atoms with van der Waals surface area (Å²) in [5, 5.41) is 8.27. The zero-order chi connectivity index (χ0) is 15.6. The summed E-state index contributed by atoms with van der Waals surface area (Å²) in [5.41, 5.74) is 9.93. The van der Waals surface area contributed by atoms with Crippen molar-refractivity contribution in [2.45, 2.75) is 17.0 Å². The second-order valence-electron chi connectivity index (χ2n) is 3.22. The number of carboxylic acid groups (broad SMARTS) is 1. The zero-order valence-electron chi connectivity index (χ0n) is 10.1. The van der Waals surface area contributed by atoms with E-state index < -0.39 is 44.0 Å². The van der Waals surface area contributed by atoms with Gasteiger partial charge in [-0.1, -0.05) is 0 Å². The molecule has 0 aliphatic rings. The minimum Gasteiger partial charge on any atom is -0.480 e. The molecule has 0 aliphatic heterocycles. The Kier molecular flexibility index (Phi) is 11.4. The lowest BCUT2D eigenvalue weighted by Gasteiger charge is -2.02. The van der Waals surface area contributed by atoms with Crippen LogP contribution in [0.15, 0.2) is 0 Å². The van der Waals surface area contributed by atoms with Gasteiger partial charge in [-0.15, -0.1) is 0 Å². The summed E-state index contributed by atoms with van der Waals surface area (Å²) < 4.78 is 46.5. The first-order valence-corrected chi connectivity index (χ1v) is 8.99. The number of carbonyl (C=O) groups is 1. The number of nitrogens with two attached hydrogens (primary N) is 2. The van der Waals surface area contributed by atoms with Crippen LogP contribution in [0.4, 0.5) is 0 Å². The van der Waals surface area contributed by atoms with Crippen molar-refractivity contribution in [3.05, 3.63) is 0 Å². The Morgan fingerprint density at radius 2 is 1.89 bits per heavy atom. The maximum atomic E-state index is 10.1. The van der Waals surface area contributed by atoms with Gasteiger partial charge in [-0.25, -0.2) is 8.42 Å². The lowest BCUT2D eigenvalue weighted by Crippen LogP contribution is -2.30. The lowest BCUT2D eigenvalue weighted by atomic mass is 10.2. The fourth-order valence-electron chi connectivity index (χ4n) is 0.685. The normalized spacial score (nSPS) is 14.4. The fraction of sp³-hybridized carbons (Fsp3) is 0.857. The summed E-state index contributed by atoms with van der Waals surface area (Å²) in [6.07, 6.45) is 2.48. The van der Waals surface area contributed by atoms with E-state index >= 15 is 0 Å². The molecule has 0 radical (unpaired) electrons. The molecular formula is C7H18N2O7S3. The minimum absolute atomic E-state index is 0.552. The van der Waals surface area contributed by atoms with E-state index in [1.54, 1.807) is 11.8 Å². The second-order valence-corrected chi connectivity index (χ2v) is 7.34. The van der Waals surface area contributed by atoms with Crippen molar-refractivity contribution in [2.24, 2.45) is 11.5 Å². The highest BCUT2D eigenvalue weighted by Crippen LogP contribution is 1.97. The SMILES string of the molecule is CSCC[C@H](N)C(=O)O.NCC([SH](=O)=O)S(=O)(=O)O. The Hall–Kier alpha value is -0.400. The number of thiol groups is 1. The van der Waals surface area contributed by atoms with Gasteiger partial charge in [-0.3, -0.25) is 9.35 Å². The number of thioether (sulfide) groups is 1. The van der Waals surface area contributed by atoms with E-state index in [-0.39, 0.29) is 0 Å². The van der Waals surface area contributed by atoms with E-state index in [9.17, 15) is 21.6 Å². The van der Waals surface area contributed by atoms with Crippen molar-refractivity contribution in [2.75, 3.05) is 18.6 Å². The Bertz CT molecular complexity index is 426. The van der Waals surface area contributed by atoms with Crippen molar-refractivity contribution in [1.82, 2.24) is 0 Å². The molecule has 0 aliphatic carbocycles. The second kappa shape index (κ2) is 10.4. The van der Waals surface area contributed by atoms with Crippen LogP contribution in [-0.4, -0.2) is 61.6 Å². The van der Waals surface area contributed by atoms with Crippen molar-refractivity contribution >= 4 is 38.6 Å². The molecule has 2 atom stereocenters. The average molecular weight is 338 g/mol. The van der Waals surface area contributed by atoms with E-state index in [1.165, 1.54) is 0 Å². The van der Waals surface area contributed by atoms with Crippen molar-refractivity contribution in [3.63, 3.8) is 0 Å². The van der Waals surface area contributed by atoms with Crippen LogP contribution in [0.1, 0.15) is 6.42 Å². The van der Waals surface area contributed by atoms with Crippen LogP contribution in [0.3, 0.4) is 0 Å². The Balaban J connectivity index is 0. The molecule has 0 saturated heterocycles. The molecule has 6 N–H and O–H groups in total. The summed E-state index contributed by atoms with van der Waals surface area (Å²) in [7, 11) is -7.75. The summed E-state index contributed by atoms with van der Waals surface area (Å²) in [5.74, 6) is -0.1000. The molecule has 1 unspecified atom stereocenters. The van der Waals surface area contributed by atoms with E-state index in [1.807, 2.05) is 6.26 Å². The molecule has 0 aromatic rings. The lowest BCUT2D eigenvalue weighted by molar-refractivity contribution is -0.138. The van der Waals surface area contributed by atoms with Crippen molar-refractivity contribution in [3.8, 4) is 0 Å². The van der Waals surface area contributed by atoms with E-state index in [4.69, 9.17) is 21.1 Å². The molecule has 12 heteroatoms. The van der Waals surface area contributed by atoms with Crippen molar-refractivity contribution < 1.29 is 31.3 Å². The molecule has 0 saturated carbocycles. The van der Waals surface area contributed by atoms with E-state index in [0.717, 1.165) is 5.75 Å². The Labute approximate surface area is 117 Å². The smallest absolute Gasteiger partial charge is 0.320 e. The van der Waals surface area contributed by atoms with E-state index in [2.05, 4.69) is 0 Å². The van der Waals surface area contributed by atoms with Crippen LogP contribution in [0.2, 0.25) is 0 Å². The van der Waals surface area contributed by atoms with Gasteiger partial charge >= 0.3 is 5.97 Å². The summed E-state index contributed by atoms with van der Waals surface area (Å²) in [6, 6.07) is -0.683. The molecule has 0 spiro atoms. The predicted molar refractivity (Wildman–Crippen MR) is 73.3 cm³/mol. The molecule has 0 aromatic heterocycles. The van der Waals surface area contributed by atoms with Crippen LogP contribution >= 0.6 is 11.8 Å². The van der Waals surface area contributed by atoms with Gasteiger partial charge in [0.15, 0.2) is 15.3 Å². The number of carboxylic acids is 1. The Morgan fingerprint density at radius 3 is 2.05 bits per heavy atom. The van der Waals surface area contributed by atoms with Gasteiger partial charge in [0.25, 0.3) is 10.1 Å². The number of aliphatic carboxylic acids is 1. The maximum Gasteiger partial charge on any atom is 0.320 e. The molecule has 9 nitrogen and oxygen atoms in total. The molecule has 116 valence electrons. The third kappa shape index (κ3) is 11.1. The van der Waals surface area contributed by atoms with Gasteiger partial charge in [0.2, 0.25) is 0 Å². The fourth-order valence-corrected chi connectivity index (χ4v) is 2.46. The molecule has 0 rings (SSSR count). The Morgan fingerprint density at radius 1 is 1.42 bits per heavy atom. The van der Waals surface area contributed by atoms with Gasteiger partial charge in [0, 0.05) is 6.54 Å². The maximum absolute atomic E-state index is 10.1. The number of rotatable bonds is 7. The monoisotopic (exact) mass is 338 g/mol. The van der Waals surface area contributed by atoms with Crippen LogP contribution in [0.5, 0.6) is 0 Å². The van der Waals surface area contributed by atoms with Crippen molar-refractivity contribution in [1.29, 1.82) is 0 Å². The van der Waals surface area contributed by atoms with Gasteiger partial charge in [-0.2, -0.15) is 20.2 Å².